The van der Waals surface area contributed by atoms with Crippen LogP contribution < -0.4 is 29.9 Å². The number of rotatable bonds is 9. The molecular formula is C15H22N3O6P. The maximum atomic E-state index is 11.9. The van der Waals surface area contributed by atoms with Crippen LogP contribution in [0.5, 0.6) is 17.2 Å². The third kappa shape index (κ3) is 6.94. The van der Waals surface area contributed by atoms with E-state index in [4.69, 9.17) is 14.2 Å². The molecule has 0 radical (unpaired) electrons. The van der Waals surface area contributed by atoms with E-state index in [0.717, 1.165) is 5.56 Å². The topological polar surface area (TPSA) is 115 Å². The van der Waals surface area contributed by atoms with Crippen molar-refractivity contribution in [3.63, 3.8) is 0 Å². The number of esters is 1. The zero-order valence-electron chi connectivity index (χ0n) is 14.3. The SMILES string of the molecule is COc1cc(C)cc(OC)c1OC(=O)CNC(=O)CNC(=O)CNP. The molecule has 1 atom stereocenters. The summed E-state index contributed by atoms with van der Waals surface area (Å²) >= 11 is 0. The highest BCUT2D eigenvalue weighted by Gasteiger charge is 2.17. The van der Waals surface area contributed by atoms with Gasteiger partial charge >= 0.3 is 5.97 Å². The van der Waals surface area contributed by atoms with Gasteiger partial charge in [-0.05, 0) is 24.6 Å². The summed E-state index contributed by atoms with van der Waals surface area (Å²) in [5, 5.41) is 7.30. The van der Waals surface area contributed by atoms with Gasteiger partial charge in [0, 0.05) is 0 Å². The molecule has 0 aromatic heterocycles. The fourth-order valence-corrected chi connectivity index (χ4v) is 2.01. The van der Waals surface area contributed by atoms with E-state index in [1.54, 1.807) is 12.1 Å². The first-order valence-corrected chi connectivity index (χ1v) is 7.89. The Morgan fingerprint density at radius 3 is 2.00 bits per heavy atom. The second-order valence-corrected chi connectivity index (χ2v) is 5.32. The number of carbonyl (C=O) groups excluding carboxylic acids is 3. The summed E-state index contributed by atoms with van der Waals surface area (Å²) in [4.78, 5) is 34.7. The van der Waals surface area contributed by atoms with Crippen LogP contribution in [-0.4, -0.2) is 51.6 Å². The van der Waals surface area contributed by atoms with Gasteiger partial charge in [-0.25, -0.2) is 4.79 Å². The Labute approximate surface area is 148 Å². The largest absolute Gasteiger partial charge is 0.493 e. The Bertz CT molecular complexity index is 613. The van der Waals surface area contributed by atoms with Crippen molar-refractivity contribution in [1.82, 2.24) is 15.7 Å². The Morgan fingerprint density at radius 2 is 1.48 bits per heavy atom. The average Bonchev–Trinajstić information content (AvgIpc) is 2.59. The third-order valence-electron chi connectivity index (χ3n) is 2.96. The molecule has 1 unspecified atom stereocenters. The number of nitrogens with one attached hydrogen (secondary N) is 3. The molecule has 1 aromatic rings. The predicted molar refractivity (Wildman–Crippen MR) is 93.7 cm³/mol. The van der Waals surface area contributed by atoms with Crippen molar-refractivity contribution in [2.45, 2.75) is 6.92 Å². The average molecular weight is 371 g/mol. The van der Waals surface area contributed by atoms with Crippen LogP contribution in [0.15, 0.2) is 12.1 Å². The quantitative estimate of drug-likeness (QED) is 0.305. The lowest BCUT2D eigenvalue weighted by molar-refractivity contribution is -0.135. The number of aryl methyl sites for hydroxylation is 1. The number of carbonyl (C=O) groups is 3. The van der Waals surface area contributed by atoms with Crippen LogP contribution in [0.2, 0.25) is 0 Å². The summed E-state index contributed by atoms with van der Waals surface area (Å²) in [6, 6.07) is 3.39. The first kappa shape index (κ1) is 20.7. The van der Waals surface area contributed by atoms with E-state index in [9.17, 15) is 14.4 Å². The highest BCUT2D eigenvalue weighted by molar-refractivity contribution is 7.13. The van der Waals surface area contributed by atoms with Gasteiger partial charge in [0.05, 0.1) is 27.3 Å². The summed E-state index contributed by atoms with van der Waals surface area (Å²) in [6.07, 6.45) is 0. The Morgan fingerprint density at radius 1 is 0.960 bits per heavy atom. The molecule has 2 amide bonds. The van der Waals surface area contributed by atoms with Gasteiger partial charge in [-0.1, -0.05) is 9.39 Å². The molecule has 0 aliphatic carbocycles. The lowest BCUT2D eigenvalue weighted by Crippen LogP contribution is -2.41. The Balaban J connectivity index is 2.57. The molecular weight excluding hydrogens is 349 g/mol. The van der Waals surface area contributed by atoms with Crippen molar-refractivity contribution in [1.29, 1.82) is 0 Å². The van der Waals surface area contributed by atoms with Crippen molar-refractivity contribution in [2.75, 3.05) is 33.9 Å². The lowest BCUT2D eigenvalue weighted by atomic mass is 10.2. The molecule has 25 heavy (non-hydrogen) atoms. The van der Waals surface area contributed by atoms with E-state index in [1.165, 1.54) is 14.2 Å². The van der Waals surface area contributed by atoms with E-state index in [2.05, 4.69) is 25.1 Å². The highest BCUT2D eigenvalue weighted by Crippen LogP contribution is 2.38. The van der Waals surface area contributed by atoms with Crippen LogP contribution >= 0.6 is 9.39 Å². The van der Waals surface area contributed by atoms with Crippen molar-refractivity contribution in [3.8, 4) is 17.2 Å². The second-order valence-electron chi connectivity index (χ2n) is 4.91. The molecule has 138 valence electrons. The Kier molecular flexibility index (Phi) is 8.66. The lowest BCUT2D eigenvalue weighted by Gasteiger charge is -2.14. The van der Waals surface area contributed by atoms with Gasteiger partial charge in [0.25, 0.3) is 0 Å². The monoisotopic (exact) mass is 371 g/mol. The fourth-order valence-electron chi connectivity index (χ4n) is 1.83. The molecule has 1 aromatic carbocycles. The van der Waals surface area contributed by atoms with Crippen LogP contribution in [0.4, 0.5) is 0 Å². The third-order valence-corrected chi connectivity index (χ3v) is 3.16. The minimum absolute atomic E-state index is 0.0625. The number of hydrogen-bond donors (Lipinski definition) is 3. The van der Waals surface area contributed by atoms with Crippen molar-refractivity contribution < 1.29 is 28.6 Å². The van der Waals surface area contributed by atoms with Gasteiger partial charge in [-0.15, -0.1) is 0 Å². The maximum Gasteiger partial charge on any atom is 0.331 e. The van der Waals surface area contributed by atoms with E-state index in [1.807, 2.05) is 6.92 Å². The molecule has 9 nitrogen and oxygen atoms in total. The van der Waals surface area contributed by atoms with Gasteiger partial charge in [0.2, 0.25) is 17.6 Å². The summed E-state index contributed by atoms with van der Waals surface area (Å²) < 4.78 is 15.6. The molecule has 0 heterocycles. The fraction of sp³-hybridized carbons (Fsp3) is 0.400. The first-order chi connectivity index (χ1) is 11.9. The van der Waals surface area contributed by atoms with Crippen LogP contribution in [-0.2, 0) is 14.4 Å². The normalized spacial score (nSPS) is 9.92. The van der Waals surface area contributed by atoms with E-state index < -0.39 is 11.9 Å². The van der Waals surface area contributed by atoms with Crippen molar-refractivity contribution in [2.24, 2.45) is 0 Å². The number of ether oxygens (including phenoxy) is 3. The summed E-state index contributed by atoms with van der Waals surface area (Å²) in [7, 11) is 5.06. The van der Waals surface area contributed by atoms with Crippen molar-refractivity contribution >= 4 is 27.2 Å². The molecule has 0 aliphatic rings. The van der Waals surface area contributed by atoms with Gasteiger partial charge in [0.1, 0.15) is 6.54 Å². The molecule has 0 saturated carbocycles. The summed E-state index contributed by atoms with van der Waals surface area (Å²) in [5.41, 5.74) is 0.873. The minimum Gasteiger partial charge on any atom is -0.493 e. The van der Waals surface area contributed by atoms with Crippen LogP contribution in [0.3, 0.4) is 0 Å². The molecule has 0 aliphatic heterocycles. The molecule has 0 bridgehead atoms. The molecule has 0 spiro atoms. The highest BCUT2D eigenvalue weighted by atomic mass is 31.0. The molecule has 0 fully saturated rings. The zero-order chi connectivity index (χ0) is 18.8. The van der Waals surface area contributed by atoms with E-state index >= 15 is 0 Å². The van der Waals surface area contributed by atoms with Crippen molar-refractivity contribution in [3.05, 3.63) is 17.7 Å². The number of methoxy groups -OCH3 is 2. The van der Waals surface area contributed by atoms with Gasteiger partial charge in [-0.3, -0.25) is 14.7 Å². The van der Waals surface area contributed by atoms with Crippen LogP contribution in [0.25, 0.3) is 0 Å². The molecule has 1 rings (SSSR count). The van der Waals surface area contributed by atoms with Gasteiger partial charge in [0.15, 0.2) is 11.5 Å². The summed E-state index contributed by atoms with van der Waals surface area (Å²) in [6.45, 7) is 1.30. The minimum atomic E-state index is -0.702. The smallest absolute Gasteiger partial charge is 0.331 e. The van der Waals surface area contributed by atoms with Crippen LogP contribution in [0.1, 0.15) is 5.56 Å². The molecule has 3 N–H and O–H groups in total. The number of hydrogen-bond acceptors (Lipinski definition) is 7. The zero-order valence-corrected chi connectivity index (χ0v) is 15.5. The molecule has 10 heteroatoms. The van der Waals surface area contributed by atoms with Gasteiger partial charge in [-0.2, -0.15) is 0 Å². The number of benzene rings is 1. The van der Waals surface area contributed by atoms with E-state index in [0.29, 0.717) is 11.5 Å². The molecule has 0 saturated heterocycles. The van der Waals surface area contributed by atoms with E-state index in [-0.39, 0.29) is 31.3 Å². The van der Waals surface area contributed by atoms with Crippen LogP contribution in [0, 0.1) is 6.92 Å². The first-order valence-electron chi connectivity index (χ1n) is 7.31. The van der Waals surface area contributed by atoms with Gasteiger partial charge < -0.3 is 24.8 Å². The Hall–Kier alpha value is -2.38. The number of amides is 2. The predicted octanol–water partition coefficient (Wildman–Crippen LogP) is -0.470. The standard InChI is InChI=1S/C15H22N3O6P/c1-9-4-10(22-2)15(11(5-9)23-3)24-14(21)8-17-12(19)6-16-13(20)7-18-25/h4-5,18H,6-8,25H2,1-3H3,(H,16,20)(H,17,19). The summed E-state index contributed by atoms with van der Waals surface area (Å²) in [5.74, 6) is -0.748. The second kappa shape index (κ2) is 10.5. The maximum absolute atomic E-state index is 11.9.